The van der Waals surface area contributed by atoms with E-state index in [1.165, 1.54) is 13.5 Å². The van der Waals surface area contributed by atoms with Crippen LogP contribution in [0.5, 0.6) is 0 Å². The molecule has 0 bridgehead atoms. The highest BCUT2D eigenvalue weighted by Gasteiger charge is 2.28. The van der Waals surface area contributed by atoms with Gasteiger partial charge in [0.15, 0.2) is 0 Å². The van der Waals surface area contributed by atoms with Crippen molar-refractivity contribution in [3.05, 3.63) is 0 Å². The van der Waals surface area contributed by atoms with Crippen LogP contribution in [0.4, 0.5) is 0 Å². The molecule has 0 spiro atoms. The summed E-state index contributed by atoms with van der Waals surface area (Å²) in [5, 5.41) is 0. The highest BCUT2D eigenvalue weighted by Crippen LogP contribution is 2.26. The summed E-state index contributed by atoms with van der Waals surface area (Å²) in [5.41, 5.74) is 0. The van der Waals surface area contributed by atoms with E-state index in [-0.39, 0.29) is 23.7 Å². The second-order valence-electron chi connectivity index (χ2n) is 6.73. The number of nitrogens with zero attached hydrogens (tertiary/aromatic N) is 1. The molecule has 1 unspecified atom stereocenters. The zero-order valence-electron chi connectivity index (χ0n) is 14.1. The van der Waals surface area contributed by atoms with E-state index >= 15 is 0 Å². The molecular weight excluding hydrogens is 266 g/mol. The molecule has 1 aliphatic carbocycles. The predicted molar refractivity (Wildman–Crippen MR) is 83.8 cm³/mol. The van der Waals surface area contributed by atoms with Crippen LogP contribution in [0.2, 0.25) is 0 Å². The Kier molecular flexibility index (Phi) is 7.76. The molecule has 4 heteroatoms. The fourth-order valence-corrected chi connectivity index (χ4v) is 2.92. The number of hydrogen-bond acceptors (Lipinski definition) is 3. The monoisotopic (exact) mass is 297 g/mol. The average Bonchev–Trinajstić information content (AvgIpc) is 2.50. The lowest BCUT2D eigenvalue weighted by atomic mass is 9.88. The van der Waals surface area contributed by atoms with Gasteiger partial charge < -0.3 is 9.64 Å². The Morgan fingerprint density at radius 1 is 1.14 bits per heavy atom. The number of ether oxygens (including phenoxy) is 1. The number of methoxy groups -OCH3 is 1. The fourth-order valence-electron chi connectivity index (χ4n) is 2.92. The zero-order chi connectivity index (χ0) is 15.8. The van der Waals surface area contributed by atoms with E-state index in [1.54, 1.807) is 0 Å². The highest BCUT2D eigenvalue weighted by molar-refractivity contribution is 5.80. The fraction of sp³-hybridized carbons (Fsp3) is 0.882. The lowest BCUT2D eigenvalue weighted by molar-refractivity contribution is -0.147. The van der Waals surface area contributed by atoms with Crippen molar-refractivity contribution in [1.82, 2.24) is 4.90 Å². The van der Waals surface area contributed by atoms with Crippen molar-refractivity contribution < 1.29 is 14.3 Å². The Morgan fingerprint density at radius 3 is 2.29 bits per heavy atom. The van der Waals surface area contributed by atoms with Crippen LogP contribution in [-0.4, -0.2) is 37.0 Å². The third-order valence-electron chi connectivity index (χ3n) is 4.34. The highest BCUT2D eigenvalue weighted by atomic mass is 16.5. The van der Waals surface area contributed by atoms with Crippen LogP contribution in [0.25, 0.3) is 0 Å². The molecule has 1 amide bonds. The van der Waals surface area contributed by atoms with Gasteiger partial charge in [0.2, 0.25) is 5.91 Å². The van der Waals surface area contributed by atoms with E-state index in [9.17, 15) is 9.59 Å². The van der Waals surface area contributed by atoms with Gasteiger partial charge in [0, 0.05) is 19.0 Å². The topological polar surface area (TPSA) is 46.6 Å². The van der Waals surface area contributed by atoms with Gasteiger partial charge in [-0.05, 0) is 25.2 Å². The van der Waals surface area contributed by atoms with Gasteiger partial charge in [-0.15, -0.1) is 0 Å². The number of carbonyl (C=O) groups is 2. The standard InChI is InChI=1S/C17H31NO3/c1-13(2)10-11-18(12-14(3)17(20)21-4)16(19)15-8-6-5-7-9-15/h13-15H,5-12H2,1-4H3. The van der Waals surface area contributed by atoms with Crippen molar-refractivity contribution in [3.8, 4) is 0 Å². The Balaban J connectivity index is 2.65. The van der Waals surface area contributed by atoms with Crippen LogP contribution in [-0.2, 0) is 14.3 Å². The molecule has 0 radical (unpaired) electrons. The first-order valence-electron chi connectivity index (χ1n) is 8.32. The van der Waals surface area contributed by atoms with Crippen molar-refractivity contribution in [2.24, 2.45) is 17.8 Å². The maximum atomic E-state index is 12.7. The lowest BCUT2D eigenvalue weighted by Crippen LogP contribution is -2.42. The van der Waals surface area contributed by atoms with Crippen LogP contribution in [0.1, 0.15) is 59.3 Å². The van der Waals surface area contributed by atoms with Crippen molar-refractivity contribution in [2.45, 2.75) is 59.3 Å². The molecule has 122 valence electrons. The Hall–Kier alpha value is -1.06. The summed E-state index contributed by atoms with van der Waals surface area (Å²) >= 11 is 0. The molecule has 1 atom stereocenters. The Bertz CT molecular complexity index is 335. The number of esters is 1. The molecule has 1 fully saturated rings. The first-order chi connectivity index (χ1) is 9.95. The molecule has 0 heterocycles. The minimum Gasteiger partial charge on any atom is -0.469 e. The van der Waals surface area contributed by atoms with Gasteiger partial charge in [0.1, 0.15) is 0 Å². The molecule has 0 aliphatic heterocycles. The summed E-state index contributed by atoms with van der Waals surface area (Å²) in [6.45, 7) is 7.38. The summed E-state index contributed by atoms with van der Waals surface area (Å²) in [6.07, 6.45) is 6.54. The molecule has 4 nitrogen and oxygen atoms in total. The third-order valence-corrected chi connectivity index (χ3v) is 4.34. The SMILES string of the molecule is COC(=O)C(C)CN(CCC(C)C)C(=O)C1CCCCC1. The molecule has 0 aromatic carbocycles. The van der Waals surface area contributed by atoms with E-state index in [2.05, 4.69) is 13.8 Å². The molecule has 0 aromatic rings. The number of amides is 1. The van der Waals surface area contributed by atoms with Gasteiger partial charge in [-0.2, -0.15) is 0 Å². The normalized spacial score (nSPS) is 17.6. The largest absolute Gasteiger partial charge is 0.469 e. The number of rotatable bonds is 7. The molecule has 1 rings (SSSR count). The van der Waals surface area contributed by atoms with Gasteiger partial charge in [-0.25, -0.2) is 0 Å². The van der Waals surface area contributed by atoms with Crippen LogP contribution in [0.3, 0.4) is 0 Å². The first kappa shape index (κ1) is 18.0. The smallest absolute Gasteiger partial charge is 0.310 e. The molecule has 21 heavy (non-hydrogen) atoms. The van der Waals surface area contributed by atoms with Crippen LogP contribution >= 0.6 is 0 Å². The van der Waals surface area contributed by atoms with Crippen LogP contribution in [0.15, 0.2) is 0 Å². The maximum absolute atomic E-state index is 12.7. The second kappa shape index (κ2) is 9.06. The van der Waals surface area contributed by atoms with Gasteiger partial charge >= 0.3 is 5.97 Å². The molecule has 0 saturated heterocycles. The van der Waals surface area contributed by atoms with Crippen molar-refractivity contribution in [1.29, 1.82) is 0 Å². The van der Waals surface area contributed by atoms with Gasteiger partial charge in [0.25, 0.3) is 0 Å². The Morgan fingerprint density at radius 2 is 1.76 bits per heavy atom. The van der Waals surface area contributed by atoms with E-state index in [0.29, 0.717) is 12.5 Å². The summed E-state index contributed by atoms with van der Waals surface area (Å²) in [5.74, 6) is 0.470. The van der Waals surface area contributed by atoms with Crippen LogP contribution < -0.4 is 0 Å². The number of hydrogen-bond donors (Lipinski definition) is 0. The van der Waals surface area contributed by atoms with Crippen molar-refractivity contribution >= 4 is 11.9 Å². The number of carbonyl (C=O) groups excluding carboxylic acids is 2. The summed E-state index contributed by atoms with van der Waals surface area (Å²) in [7, 11) is 1.40. The second-order valence-corrected chi connectivity index (χ2v) is 6.73. The zero-order valence-corrected chi connectivity index (χ0v) is 14.1. The maximum Gasteiger partial charge on any atom is 0.310 e. The predicted octanol–water partition coefficient (Wildman–Crippen LogP) is 3.25. The molecule has 1 aliphatic rings. The van der Waals surface area contributed by atoms with Gasteiger partial charge in [-0.3, -0.25) is 9.59 Å². The Labute approximate surface area is 129 Å². The molecular formula is C17H31NO3. The third kappa shape index (κ3) is 6.06. The minimum atomic E-state index is -0.255. The van der Waals surface area contributed by atoms with Crippen LogP contribution in [0, 0.1) is 17.8 Å². The van der Waals surface area contributed by atoms with E-state index in [4.69, 9.17) is 4.74 Å². The summed E-state index contributed by atoms with van der Waals surface area (Å²) in [4.78, 5) is 26.3. The summed E-state index contributed by atoms with van der Waals surface area (Å²) in [6, 6.07) is 0. The van der Waals surface area contributed by atoms with Gasteiger partial charge in [-0.1, -0.05) is 40.0 Å². The lowest BCUT2D eigenvalue weighted by Gasteiger charge is -2.31. The van der Waals surface area contributed by atoms with Crippen molar-refractivity contribution in [3.63, 3.8) is 0 Å². The average molecular weight is 297 g/mol. The molecule has 1 saturated carbocycles. The first-order valence-corrected chi connectivity index (χ1v) is 8.32. The van der Waals surface area contributed by atoms with Gasteiger partial charge in [0.05, 0.1) is 13.0 Å². The summed E-state index contributed by atoms with van der Waals surface area (Å²) < 4.78 is 4.79. The molecule has 0 aromatic heterocycles. The van der Waals surface area contributed by atoms with E-state index in [1.807, 2.05) is 11.8 Å². The van der Waals surface area contributed by atoms with Crippen molar-refractivity contribution in [2.75, 3.05) is 20.2 Å². The van der Waals surface area contributed by atoms with E-state index < -0.39 is 0 Å². The quantitative estimate of drug-likeness (QED) is 0.678. The van der Waals surface area contributed by atoms with E-state index in [0.717, 1.165) is 38.6 Å². The molecule has 0 N–H and O–H groups in total. The minimum absolute atomic E-state index is 0.163.